The van der Waals surface area contributed by atoms with Crippen LogP contribution in [0.4, 0.5) is 0 Å². The Hall–Kier alpha value is -1.50. The molecule has 0 aromatic carbocycles. The van der Waals surface area contributed by atoms with Gasteiger partial charge in [-0.05, 0) is 38.7 Å². The first kappa shape index (κ1) is 16.6. The molecule has 0 spiro atoms. The minimum absolute atomic E-state index is 0.228. The number of amides is 1. The predicted molar refractivity (Wildman–Crippen MR) is 76.9 cm³/mol. The maximum atomic E-state index is 11.8. The van der Waals surface area contributed by atoms with Gasteiger partial charge in [-0.25, -0.2) is 4.79 Å². The number of carboxylic acids is 1. The highest BCUT2D eigenvalue weighted by Crippen LogP contribution is 2.14. The van der Waals surface area contributed by atoms with Crippen molar-refractivity contribution in [2.75, 3.05) is 12.0 Å². The number of rotatable bonds is 8. The molecule has 1 amide bonds. The van der Waals surface area contributed by atoms with Crippen molar-refractivity contribution in [3.8, 4) is 0 Å². The fourth-order valence-corrected chi connectivity index (χ4v) is 2.33. The van der Waals surface area contributed by atoms with Gasteiger partial charge in [-0.15, -0.1) is 0 Å². The molecular weight excluding hydrogens is 280 g/mol. The van der Waals surface area contributed by atoms with Gasteiger partial charge in [0.1, 0.15) is 11.8 Å². The van der Waals surface area contributed by atoms with Gasteiger partial charge in [-0.1, -0.05) is 5.16 Å². The SMILES string of the molecule is CSCCC(NC(=O)CCc1c(C)noc1C)C(=O)O. The molecule has 112 valence electrons. The van der Waals surface area contributed by atoms with Crippen LogP contribution in [0.2, 0.25) is 0 Å². The van der Waals surface area contributed by atoms with E-state index in [4.69, 9.17) is 9.63 Å². The Morgan fingerprint density at radius 2 is 2.15 bits per heavy atom. The van der Waals surface area contributed by atoms with Crippen molar-refractivity contribution in [1.82, 2.24) is 10.5 Å². The number of nitrogens with one attached hydrogen (secondary N) is 1. The van der Waals surface area contributed by atoms with Gasteiger partial charge in [0.05, 0.1) is 5.69 Å². The lowest BCUT2D eigenvalue weighted by molar-refractivity contribution is -0.141. The third kappa shape index (κ3) is 4.88. The fraction of sp³-hybridized carbons (Fsp3) is 0.615. The molecule has 0 bridgehead atoms. The Bertz CT molecular complexity index is 453. The normalized spacial score (nSPS) is 12.2. The number of aromatic nitrogens is 1. The van der Waals surface area contributed by atoms with Crippen LogP contribution < -0.4 is 5.32 Å². The quantitative estimate of drug-likeness (QED) is 0.756. The molecule has 1 heterocycles. The summed E-state index contributed by atoms with van der Waals surface area (Å²) in [7, 11) is 0. The summed E-state index contributed by atoms with van der Waals surface area (Å²) in [5.74, 6) is 0.136. The van der Waals surface area contributed by atoms with E-state index in [-0.39, 0.29) is 12.3 Å². The molecule has 20 heavy (non-hydrogen) atoms. The molecule has 0 fully saturated rings. The molecule has 0 aliphatic rings. The second-order valence-electron chi connectivity index (χ2n) is 4.54. The highest BCUT2D eigenvalue weighted by Gasteiger charge is 2.19. The predicted octanol–water partition coefficient (Wildman–Crippen LogP) is 1.55. The third-order valence-corrected chi connectivity index (χ3v) is 3.67. The van der Waals surface area contributed by atoms with Gasteiger partial charge in [-0.2, -0.15) is 11.8 Å². The second-order valence-corrected chi connectivity index (χ2v) is 5.53. The minimum atomic E-state index is -0.996. The summed E-state index contributed by atoms with van der Waals surface area (Å²) in [5.41, 5.74) is 1.68. The highest BCUT2D eigenvalue weighted by atomic mass is 32.2. The van der Waals surface area contributed by atoms with E-state index in [1.54, 1.807) is 18.7 Å². The molecule has 1 atom stereocenters. The number of hydrogen-bond donors (Lipinski definition) is 2. The number of aryl methyl sites for hydroxylation is 2. The van der Waals surface area contributed by atoms with E-state index in [1.165, 1.54) is 0 Å². The van der Waals surface area contributed by atoms with Crippen molar-refractivity contribution in [2.24, 2.45) is 0 Å². The third-order valence-electron chi connectivity index (χ3n) is 3.03. The smallest absolute Gasteiger partial charge is 0.326 e. The van der Waals surface area contributed by atoms with E-state index in [2.05, 4.69) is 10.5 Å². The van der Waals surface area contributed by atoms with Gasteiger partial charge in [-0.3, -0.25) is 4.79 Å². The van der Waals surface area contributed by atoms with Crippen molar-refractivity contribution >= 4 is 23.6 Å². The zero-order chi connectivity index (χ0) is 15.1. The summed E-state index contributed by atoms with van der Waals surface area (Å²) in [6, 6.07) is -0.820. The summed E-state index contributed by atoms with van der Waals surface area (Å²) in [6.45, 7) is 3.62. The number of nitrogens with zero attached hydrogens (tertiary/aromatic N) is 1. The van der Waals surface area contributed by atoms with Crippen LogP contribution in [-0.2, 0) is 16.0 Å². The highest BCUT2D eigenvalue weighted by molar-refractivity contribution is 7.98. The van der Waals surface area contributed by atoms with Crippen LogP contribution >= 0.6 is 11.8 Å². The summed E-state index contributed by atoms with van der Waals surface area (Å²) >= 11 is 1.55. The first-order valence-electron chi connectivity index (χ1n) is 6.38. The molecule has 2 N–H and O–H groups in total. The number of carbonyl (C=O) groups is 2. The van der Waals surface area contributed by atoms with E-state index in [1.807, 2.05) is 13.2 Å². The van der Waals surface area contributed by atoms with Gasteiger partial charge < -0.3 is 14.9 Å². The summed E-state index contributed by atoms with van der Waals surface area (Å²) < 4.78 is 5.02. The summed E-state index contributed by atoms with van der Waals surface area (Å²) in [6.07, 6.45) is 3.06. The topological polar surface area (TPSA) is 92.4 Å². The van der Waals surface area contributed by atoms with Crippen molar-refractivity contribution < 1.29 is 19.2 Å². The molecule has 1 unspecified atom stereocenters. The van der Waals surface area contributed by atoms with Gasteiger partial charge in [0.15, 0.2) is 0 Å². The number of thioether (sulfide) groups is 1. The largest absolute Gasteiger partial charge is 0.480 e. The van der Waals surface area contributed by atoms with E-state index in [0.717, 1.165) is 11.3 Å². The average Bonchev–Trinajstić information content (AvgIpc) is 2.71. The Labute approximate surface area is 122 Å². The summed E-state index contributed by atoms with van der Waals surface area (Å²) in [4.78, 5) is 22.8. The van der Waals surface area contributed by atoms with Crippen LogP contribution in [0.15, 0.2) is 4.52 Å². The molecule has 0 aliphatic carbocycles. The van der Waals surface area contributed by atoms with Gasteiger partial charge in [0.2, 0.25) is 5.91 Å². The first-order valence-corrected chi connectivity index (χ1v) is 7.78. The monoisotopic (exact) mass is 300 g/mol. The minimum Gasteiger partial charge on any atom is -0.480 e. The van der Waals surface area contributed by atoms with Crippen LogP contribution in [0.1, 0.15) is 29.9 Å². The molecule has 6 nitrogen and oxygen atoms in total. The molecule has 0 saturated carbocycles. The lowest BCUT2D eigenvalue weighted by Gasteiger charge is -2.13. The van der Waals surface area contributed by atoms with E-state index >= 15 is 0 Å². The second kappa shape index (κ2) is 7.94. The molecule has 1 rings (SSSR count). The van der Waals surface area contributed by atoms with E-state index < -0.39 is 12.0 Å². The van der Waals surface area contributed by atoms with E-state index in [0.29, 0.717) is 24.4 Å². The number of hydrogen-bond acceptors (Lipinski definition) is 5. The van der Waals surface area contributed by atoms with Crippen LogP contribution in [-0.4, -0.2) is 40.2 Å². The molecule has 0 radical (unpaired) electrons. The number of aliphatic carboxylic acids is 1. The Morgan fingerprint density at radius 1 is 1.45 bits per heavy atom. The number of carbonyl (C=O) groups excluding carboxylic acids is 1. The molecule has 0 aliphatic heterocycles. The number of carboxylic acid groups (broad SMARTS) is 1. The zero-order valence-electron chi connectivity index (χ0n) is 11.9. The fourth-order valence-electron chi connectivity index (χ4n) is 1.86. The van der Waals surface area contributed by atoms with Crippen LogP contribution in [0.3, 0.4) is 0 Å². The standard InChI is InChI=1S/C13H20N2O4S/c1-8-10(9(2)19-15-8)4-5-12(16)14-11(13(17)18)6-7-20-3/h11H,4-7H2,1-3H3,(H,14,16)(H,17,18). The first-order chi connectivity index (χ1) is 9.45. The Balaban J connectivity index is 2.48. The van der Waals surface area contributed by atoms with Crippen molar-refractivity contribution in [2.45, 2.75) is 39.2 Å². The zero-order valence-corrected chi connectivity index (χ0v) is 12.7. The van der Waals surface area contributed by atoms with Gasteiger partial charge in [0, 0.05) is 12.0 Å². The lowest BCUT2D eigenvalue weighted by atomic mass is 10.1. The van der Waals surface area contributed by atoms with E-state index in [9.17, 15) is 9.59 Å². The molecular formula is C13H20N2O4S. The maximum Gasteiger partial charge on any atom is 0.326 e. The van der Waals surface area contributed by atoms with Crippen LogP contribution in [0.25, 0.3) is 0 Å². The van der Waals surface area contributed by atoms with Crippen molar-refractivity contribution in [3.05, 3.63) is 17.0 Å². The van der Waals surface area contributed by atoms with Crippen LogP contribution in [0.5, 0.6) is 0 Å². The Kier molecular flexibility index (Phi) is 6.57. The molecule has 0 saturated heterocycles. The average molecular weight is 300 g/mol. The lowest BCUT2D eigenvalue weighted by Crippen LogP contribution is -2.41. The van der Waals surface area contributed by atoms with Crippen LogP contribution in [0, 0.1) is 13.8 Å². The molecule has 1 aromatic heterocycles. The van der Waals surface area contributed by atoms with Crippen molar-refractivity contribution in [1.29, 1.82) is 0 Å². The molecule has 1 aromatic rings. The van der Waals surface area contributed by atoms with Gasteiger partial charge in [0.25, 0.3) is 0 Å². The van der Waals surface area contributed by atoms with Gasteiger partial charge >= 0.3 is 5.97 Å². The maximum absolute atomic E-state index is 11.8. The molecule has 7 heteroatoms. The summed E-state index contributed by atoms with van der Waals surface area (Å²) in [5, 5.41) is 15.4. The Morgan fingerprint density at radius 3 is 2.65 bits per heavy atom. The van der Waals surface area contributed by atoms with Crippen molar-refractivity contribution in [3.63, 3.8) is 0 Å².